The number of aliphatic hydroxyl groups excluding tert-OH is 1. The van der Waals surface area contributed by atoms with Crippen molar-refractivity contribution in [2.75, 3.05) is 20.3 Å². The Balaban J connectivity index is 2.57. The van der Waals surface area contributed by atoms with Crippen molar-refractivity contribution < 1.29 is 9.84 Å². The summed E-state index contributed by atoms with van der Waals surface area (Å²) in [5.74, 6) is 0.677. The van der Waals surface area contributed by atoms with Gasteiger partial charge >= 0.3 is 0 Å². The van der Waals surface area contributed by atoms with E-state index in [2.05, 4.69) is 11.4 Å². The first-order chi connectivity index (χ1) is 9.31. The van der Waals surface area contributed by atoms with E-state index in [1.54, 1.807) is 7.11 Å². The molecule has 0 aliphatic rings. The molecular formula is C15H16N2O2. The van der Waals surface area contributed by atoms with E-state index in [1.807, 2.05) is 36.4 Å². The van der Waals surface area contributed by atoms with Gasteiger partial charge in [0.15, 0.2) is 0 Å². The number of nitrogens with one attached hydrogen (secondary N) is 1. The van der Waals surface area contributed by atoms with Gasteiger partial charge in [-0.25, -0.2) is 0 Å². The molecule has 0 bridgehead atoms. The van der Waals surface area contributed by atoms with E-state index < -0.39 is 6.04 Å². The topological polar surface area (TPSA) is 65.3 Å². The van der Waals surface area contributed by atoms with Gasteiger partial charge in [0.05, 0.1) is 19.8 Å². The monoisotopic (exact) mass is 256 g/mol. The number of methoxy groups -OCH3 is 1. The molecule has 0 spiro atoms. The molecule has 0 aromatic heterocycles. The van der Waals surface area contributed by atoms with Crippen LogP contribution in [0.25, 0.3) is 10.8 Å². The van der Waals surface area contributed by atoms with Crippen LogP contribution in [0.15, 0.2) is 36.4 Å². The third kappa shape index (κ3) is 2.68. The highest BCUT2D eigenvalue weighted by Crippen LogP contribution is 2.32. The van der Waals surface area contributed by atoms with Gasteiger partial charge in [0.25, 0.3) is 0 Å². The minimum Gasteiger partial charge on any atom is -0.496 e. The Labute approximate surface area is 112 Å². The van der Waals surface area contributed by atoms with E-state index >= 15 is 0 Å². The number of nitrogens with zero attached hydrogens (tertiary/aromatic N) is 1. The number of nitriles is 1. The first-order valence-electron chi connectivity index (χ1n) is 6.11. The van der Waals surface area contributed by atoms with Crippen LogP contribution in [0.4, 0.5) is 0 Å². The number of hydrogen-bond donors (Lipinski definition) is 2. The number of aliphatic hydroxyl groups is 1. The molecule has 0 saturated heterocycles. The summed E-state index contributed by atoms with van der Waals surface area (Å²) >= 11 is 0. The molecule has 19 heavy (non-hydrogen) atoms. The number of hydrogen-bond acceptors (Lipinski definition) is 4. The van der Waals surface area contributed by atoms with Gasteiger partial charge in [0.2, 0.25) is 0 Å². The molecule has 0 heterocycles. The molecule has 2 aromatic carbocycles. The van der Waals surface area contributed by atoms with Gasteiger partial charge < -0.3 is 9.84 Å². The van der Waals surface area contributed by atoms with E-state index in [1.165, 1.54) is 0 Å². The average Bonchev–Trinajstić information content (AvgIpc) is 2.47. The molecule has 98 valence electrons. The summed E-state index contributed by atoms with van der Waals surface area (Å²) in [6, 6.07) is 13.4. The molecule has 0 amide bonds. The van der Waals surface area contributed by atoms with Gasteiger partial charge in [-0.15, -0.1) is 0 Å². The third-order valence-corrected chi connectivity index (χ3v) is 3.03. The van der Waals surface area contributed by atoms with E-state index in [9.17, 15) is 5.26 Å². The summed E-state index contributed by atoms with van der Waals surface area (Å²) < 4.78 is 5.36. The summed E-state index contributed by atoms with van der Waals surface area (Å²) in [4.78, 5) is 0. The van der Waals surface area contributed by atoms with Gasteiger partial charge in [-0.1, -0.05) is 30.3 Å². The average molecular weight is 256 g/mol. The quantitative estimate of drug-likeness (QED) is 0.858. The van der Waals surface area contributed by atoms with Crippen LogP contribution in [0.2, 0.25) is 0 Å². The lowest BCUT2D eigenvalue weighted by Crippen LogP contribution is -2.24. The highest BCUT2D eigenvalue weighted by molar-refractivity contribution is 5.88. The fourth-order valence-corrected chi connectivity index (χ4v) is 2.17. The van der Waals surface area contributed by atoms with Gasteiger partial charge in [0, 0.05) is 12.1 Å². The van der Waals surface area contributed by atoms with Crippen LogP contribution < -0.4 is 10.1 Å². The maximum atomic E-state index is 9.34. The third-order valence-electron chi connectivity index (χ3n) is 3.03. The number of ether oxygens (including phenoxy) is 1. The van der Waals surface area contributed by atoms with Crippen molar-refractivity contribution in [1.82, 2.24) is 5.32 Å². The second kappa shape index (κ2) is 6.19. The first kappa shape index (κ1) is 13.3. The van der Waals surface area contributed by atoms with Crippen molar-refractivity contribution in [3.63, 3.8) is 0 Å². The zero-order valence-corrected chi connectivity index (χ0v) is 10.8. The fraction of sp³-hybridized carbons (Fsp3) is 0.267. The maximum Gasteiger partial charge on any atom is 0.125 e. The lowest BCUT2D eigenvalue weighted by molar-refractivity contribution is 0.288. The van der Waals surface area contributed by atoms with E-state index in [0.717, 1.165) is 16.3 Å². The molecule has 2 aromatic rings. The van der Waals surface area contributed by atoms with E-state index in [-0.39, 0.29) is 6.61 Å². The normalized spacial score (nSPS) is 12.1. The molecular weight excluding hydrogens is 240 g/mol. The largest absolute Gasteiger partial charge is 0.496 e. The van der Waals surface area contributed by atoms with Crippen LogP contribution >= 0.6 is 0 Å². The molecule has 4 nitrogen and oxygen atoms in total. The molecule has 0 aliphatic heterocycles. The van der Waals surface area contributed by atoms with Gasteiger partial charge in [-0.2, -0.15) is 5.26 Å². The van der Waals surface area contributed by atoms with Crippen LogP contribution in [-0.2, 0) is 0 Å². The second-order valence-corrected chi connectivity index (χ2v) is 4.14. The lowest BCUT2D eigenvalue weighted by atomic mass is 9.98. The number of benzene rings is 2. The van der Waals surface area contributed by atoms with Gasteiger partial charge in [0.1, 0.15) is 11.8 Å². The molecule has 2 N–H and O–H groups in total. The number of rotatable bonds is 5. The van der Waals surface area contributed by atoms with Crippen molar-refractivity contribution in [2.45, 2.75) is 6.04 Å². The minimum atomic E-state index is -0.506. The Kier molecular flexibility index (Phi) is 4.35. The molecule has 0 fully saturated rings. The Morgan fingerprint density at radius 1 is 1.32 bits per heavy atom. The Bertz CT molecular complexity index is 605. The standard InChI is InChI=1S/C15H16N2O2/c1-19-14-7-6-11-4-2-3-5-12(11)15(14)13(10-16)17-8-9-18/h2-7,13,17-18H,8-9H2,1H3. The van der Waals surface area contributed by atoms with E-state index in [0.29, 0.717) is 12.3 Å². The molecule has 0 saturated carbocycles. The van der Waals surface area contributed by atoms with Crippen LogP contribution in [0.1, 0.15) is 11.6 Å². The zero-order chi connectivity index (χ0) is 13.7. The SMILES string of the molecule is COc1ccc2ccccc2c1C(C#N)NCCO. The molecule has 0 aliphatic carbocycles. The van der Waals surface area contributed by atoms with Gasteiger partial charge in [-0.05, 0) is 16.8 Å². The molecule has 1 unspecified atom stereocenters. The van der Waals surface area contributed by atoms with E-state index in [4.69, 9.17) is 9.84 Å². The lowest BCUT2D eigenvalue weighted by Gasteiger charge is -2.17. The summed E-state index contributed by atoms with van der Waals surface area (Å²) in [6.07, 6.45) is 0. The zero-order valence-electron chi connectivity index (χ0n) is 10.8. The second-order valence-electron chi connectivity index (χ2n) is 4.14. The van der Waals surface area contributed by atoms with Crippen molar-refractivity contribution in [3.05, 3.63) is 42.0 Å². The molecule has 1 atom stereocenters. The summed E-state index contributed by atoms with van der Waals surface area (Å²) in [5.41, 5.74) is 0.816. The van der Waals surface area contributed by atoms with Crippen molar-refractivity contribution >= 4 is 10.8 Å². The molecule has 2 rings (SSSR count). The predicted molar refractivity (Wildman–Crippen MR) is 73.9 cm³/mol. The van der Waals surface area contributed by atoms with Gasteiger partial charge in [-0.3, -0.25) is 5.32 Å². The molecule has 0 radical (unpaired) electrons. The van der Waals surface area contributed by atoms with Crippen molar-refractivity contribution in [3.8, 4) is 11.8 Å². The minimum absolute atomic E-state index is 0.00867. The van der Waals surface area contributed by atoms with Crippen LogP contribution in [-0.4, -0.2) is 25.4 Å². The predicted octanol–water partition coefficient (Wildman–Crippen LogP) is 1.99. The Hall–Kier alpha value is -2.09. The first-order valence-corrected chi connectivity index (χ1v) is 6.11. The highest BCUT2D eigenvalue weighted by Gasteiger charge is 2.18. The van der Waals surface area contributed by atoms with Crippen LogP contribution in [0.3, 0.4) is 0 Å². The highest BCUT2D eigenvalue weighted by atomic mass is 16.5. The molecule has 4 heteroatoms. The Morgan fingerprint density at radius 3 is 2.79 bits per heavy atom. The van der Waals surface area contributed by atoms with Crippen molar-refractivity contribution in [2.24, 2.45) is 0 Å². The van der Waals surface area contributed by atoms with Crippen LogP contribution in [0, 0.1) is 11.3 Å². The fourth-order valence-electron chi connectivity index (χ4n) is 2.17. The summed E-state index contributed by atoms with van der Waals surface area (Å²) in [7, 11) is 1.59. The Morgan fingerprint density at radius 2 is 2.11 bits per heavy atom. The number of fused-ring (bicyclic) bond motifs is 1. The van der Waals surface area contributed by atoms with Crippen LogP contribution in [0.5, 0.6) is 5.75 Å². The maximum absolute atomic E-state index is 9.34. The summed E-state index contributed by atoms with van der Waals surface area (Å²) in [5, 5.41) is 23.3. The smallest absolute Gasteiger partial charge is 0.125 e. The van der Waals surface area contributed by atoms with Crippen molar-refractivity contribution in [1.29, 1.82) is 5.26 Å². The summed E-state index contributed by atoms with van der Waals surface area (Å²) in [6.45, 7) is 0.357.